The van der Waals surface area contributed by atoms with Crippen molar-refractivity contribution >= 4 is 39.1 Å². The van der Waals surface area contributed by atoms with Gasteiger partial charge in [-0.15, -0.1) is 11.3 Å². The molecule has 0 aliphatic heterocycles. The Kier molecular flexibility index (Phi) is 2.73. The Balaban J connectivity index is 1.99. The predicted molar refractivity (Wildman–Crippen MR) is 74.5 cm³/mol. The summed E-state index contributed by atoms with van der Waals surface area (Å²) in [6.07, 6.45) is 2.75. The lowest BCUT2D eigenvalue weighted by Crippen LogP contribution is -1.94. The lowest BCUT2D eigenvalue weighted by molar-refractivity contribution is 0.104. The zero-order valence-corrected chi connectivity index (χ0v) is 11.3. The van der Waals surface area contributed by atoms with Gasteiger partial charge in [0, 0.05) is 32.3 Å². The maximum atomic E-state index is 12.1. The van der Waals surface area contributed by atoms with E-state index in [1.165, 1.54) is 0 Å². The van der Waals surface area contributed by atoms with Gasteiger partial charge in [0.05, 0.1) is 0 Å². The summed E-state index contributed by atoms with van der Waals surface area (Å²) in [6, 6.07) is 9.87. The van der Waals surface area contributed by atoms with E-state index in [2.05, 4.69) is 15.9 Å². The second kappa shape index (κ2) is 4.24. The third kappa shape index (κ3) is 2.01. The van der Waals surface area contributed by atoms with Crippen molar-refractivity contribution in [2.24, 2.45) is 0 Å². The highest BCUT2D eigenvalue weighted by Crippen LogP contribution is 2.29. The van der Waals surface area contributed by atoms with Crippen LogP contribution in [0.4, 0.5) is 0 Å². The smallest absolute Gasteiger partial charge is 0.189 e. The first-order valence-electron chi connectivity index (χ1n) is 5.31. The SMILES string of the molecule is O=C1C(=Cc2cc(Br)cs2)Cc2ccccc21. The second-order valence-corrected chi connectivity index (χ2v) is 5.86. The molecule has 1 aromatic heterocycles. The van der Waals surface area contributed by atoms with E-state index in [1.807, 2.05) is 41.8 Å². The van der Waals surface area contributed by atoms with Gasteiger partial charge in [-0.2, -0.15) is 0 Å². The summed E-state index contributed by atoms with van der Waals surface area (Å²) in [5.74, 6) is 0.171. The summed E-state index contributed by atoms with van der Waals surface area (Å²) in [6.45, 7) is 0. The second-order valence-electron chi connectivity index (χ2n) is 4.00. The third-order valence-electron chi connectivity index (χ3n) is 2.84. The monoisotopic (exact) mass is 304 g/mol. The Morgan fingerprint density at radius 2 is 2.12 bits per heavy atom. The number of hydrogen-bond donors (Lipinski definition) is 0. The number of fused-ring (bicyclic) bond motifs is 1. The van der Waals surface area contributed by atoms with Crippen molar-refractivity contribution in [3.8, 4) is 0 Å². The number of hydrogen-bond acceptors (Lipinski definition) is 2. The van der Waals surface area contributed by atoms with Gasteiger partial charge in [0.1, 0.15) is 0 Å². The highest BCUT2D eigenvalue weighted by molar-refractivity contribution is 9.10. The molecule has 0 unspecified atom stereocenters. The first kappa shape index (κ1) is 10.9. The largest absolute Gasteiger partial charge is 0.289 e. The summed E-state index contributed by atoms with van der Waals surface area (Å²) in [4.78, 5) is 13.3. The average molecular weight is 305 g/mol. The van der Waals surface area contributed by atoms with Crippen molar-refractivity contribution in [1.29, 1.82) is 0 Å². The van der Waals surface area contributed by atoms with Crippen molar-refractivity contribution < 1.29 is 4.79 Å². The van der Waals surface area contributed by atoms with Crippen LogP contribution in [-0.2, 0) is 6.42 Å². The molecule has 17 heavy (non-hydrogen) atoms. The zero-order valence-electron chi connectivity index (χ0n) is 8.94. The quantitative estimate of drug-likeness (QED) is 0.717. The van der Waals surface area contributed by atoms with E-state index >= 15 is 0 Å². The summed E-state index contributed by atoms with van der Waals surface area (Å²) < 4.78 is 1.07. The summed E-state index contributed by atoms with van der Waals surface area (Å²) in [5, 5.41) is 2.03. The molecule has 2 aromatic rings. The number of carbonyl (C=O) groups excluding carboxylic acids is 1. The molecule has 0 fully saturated rings. The number of thiophene rings is 1. The highest BCUT2D eigenvalue weighted by atomic mass is 79.9. The van der Waals surface area contributed by atoms with Gasteiger partial charge >= 0.3 is 0 Å². The molecule has 1 nitrogen and oxygen atoms in total. The van der Waals surface area contributed by atoms with Crippen molar-refractivity contribution in [1.82, 2.24) is 0 Å². The van der Waals surface area contributed by atoms with E-state index in [1.54, 1.807) is 11.3 Å². The molecule has 84 valence electrons. The number of ketones is 1. The van der Waals surface area contributed by atoms with Crippen LogP contribution in [0.3, 0.4) is 0 Å². The topological polar surface area (TPSA) is 17.1 Å². The number of benzene rings is 1. The van der Waals surface area contributed by atoms with Crippen LogP contribution in [0.2, 0.25) is 0 Å². The van der Waals surface area contributed by atoms with Crippen LogP contribution in [0.25, 0.3) is 6.08 Å². The molecule has 0 saturated carbocycles. The van der Waals surface area contributed by atoms with Gasteiger partial charge in [0.25, 0.3) is 0 Å². The number of allylic oxidation sites excluding steroid dienone is 1. The van der Waals surface area contributed by atoms with Gasteiger partial charge in [0.2, 0.25) is 0 Å². The van der Waals surface area contributed by atoms with E-state index < -0.39 is 0 Å². The number of carbonyl (C=O) groups is 1. The Morgan fingerprint density at radius 1 is 1.29 bits per heavy atom. The molecule has 0 N–H and O–H groups in total. The van der Waals surface area contributed by atoms with Gasteiger partial charge in [-0.1, -0.05) is 24.3 Å². The van der Waals surface area contributed by atoms with E-state index in [9.17, 15) is 4.79 Å². The van der Waals surface area contributed by atoms with Gasteiger partial charge in [-0.25, -0.2) is 0 Å². The molecular weight excluding hydrogens is 296 g/mol. The molecule has 3 rings (SSSR count). The van der Waals surface area contributed by atoms with Crippen LogP contribution in [0.15, 0.2) is 45.8 Å². The van der Waals surface area contributed by atoms with Gasteiger partial charge in [-0.3, -0.25) is 4.79 Å². The molecule has 3 heteroatoms. The molecule has 1 heterocycles. The van der Waals surface area contributed by atoms with Crippen LogP contribution in [0.1, 0.15) is 20.8 Å². The van der Waals surface area contributed by atoms with Crippen molar-refractivity contribution in [2.75, 3.05) is 0 Å². The van der Waals surface area contributed by atoms with Crippen LogP contribution < -0.4 is 0 Å². The molecule has 1 aliphatic rings. The minimum absolute atomic E-state index is 0.171. The normalized spacial score (nSPS) is 16.5. The van der Waals surface area contributed by atoms with Gasteiger partial charge in [-0.05, 0) is 33.6 Å². The minimum Gasteiger partial charge on any atom is -0.289 e. The molecule has 1 aliphatic carbocycles. The molecular formula is C14H9BrOS. The Hall–Kier alpha value is -1.19. The standard InChI is InChI=1S/C14H9BrOS/c15-11-7-12(17-8-11)6-10-5-9-3-1-2-4-13(9)14(10)16/h1-4,6-8H,5H2. The van der Waals surface area contributed by atoms with Crippen LogP contribution in [0, 0.1) is 0 Å². The predicted octanol–water partition coefficient (Wildman–Crippen LogP) is 4.33. The fourth-order valence-electron chi connectivity index (χ4n) is 2.05. The lowest BCUT2D eigenvalue weighted by Gasteiger charge is -1.92. The Morgan fingerprint density at radius 3 is 2.82 bits per heavy atom. The molecule has 1 aromatic carbocycles. The van der Waals surface area contributed by atoms with Crippen molar-refractivity contribution in [2.45, 2.75) is 6.42 Å². The maximum absolute atomic E-state index is 12.1. The molecule has 0 radical (unpaired) electrons. The Bertz CT molecular complexity index is 625. The van der Waals surface area contributed by atoms with Gasteiger partial charge in [0.15, 0.2) is 5.78 Å². The van der Waals surface area contributed by atoms with E-state index in [-0.39, 0.29) is 5.78 Å². The van der Waals surface area contributed by atoms with Crippen LogP contribution in [0.5, 0.6) is 0 Å². The number of Topliss-reactive ketones (excluding diaryl/α,β-unsaturated/α-hetero) is 1. The summed E-state index contributed by atoms with van der Waals surface area (Å²) >= 11 is 5.06. The van der Waals surface area contributed by atoms with E-state index in [4.69, 9.17) is 0 Å². The first-order valence-corrected chi connectivity index (χ1v) is 6.98. The molecule has 0 atom stereocenters. The van der Waals surface area contributed by atoms with Crippen molar-refractivity contribution in [3.05, 3.63) is 61.8 Å². The van der Waals surface area contributed by atoms with Crippen molar-refractivity contribution in [3.63, 3.8) is 0 Å². The first-order chi connectivity index (χ1) is 8.24. The van der Waals surface area contributed by atoms with Crippen LogP contribution in [-0.4, -0.2) is 5.78 Å². The fraction of sp³-hybridized carbons (Fsp3) is 0.0714. The van der Waals surface area contributed by atoms with E-state index in [0.717, 1.165) is 32.5 Å². The molecule has 0 saturated heterocycles. The number of halogens is 1. The molecule has 0 spiro atoms. The lowest BCUT2D eigenvalue weighted by atomic mass is 10.1. The minimum atomic E-state index is 0.171. The highest BCUT2D eigenvalue weighted by Gasteiger charge is 2.23. The average Bonchev–Trinajstić information content (AvgIpc) is 2.86. The Labute approximate surface area is 112 Å². The molecule has 0 amide bonds. The zero-order chi connectivity index (χ0) is 11.8. The summed E-state index contributed by atoms with van der Waals surface area (Å²) in [5.41, 5.74) is 2.88. The van der Waals surface area contributed by atoms with Gasteiger partial charge < -0.3 is 0 Å². The summed E-state index contributed by atoms with van der Waals surface area (Å²) in [7, 11) is 0. The maximum Gasteiger partial charge on any atom is 0.189 e. The fourth-order valence-corrected chi connectivity index (χ4v) is 3.45. The van der Waals surface area contributed by atoms with E-state index in [0.29, 0.717) is 0 Å². The number of rotatable bonds is 1. The molecule has 0 bridgehead atoms. The van der Waals surface area contributed by atoms with Crippen LogP contribution >= 0.6 is 27.3 Å². The third-order valence-corrected chi connectivity index (χ3v) is 4.48.